The van der Waals surface area contributed by atoms with Crippen LogP contribution in [0.2, 0.25) is 0 Å². The van der Waals surface area contributed by atoms with Gasteiger partial charge in [0.05, 0.1) is 0 Å². The lowest BCUT2D eigenvalue weighted by Crippen LogP contribution is -2.16. The Kier molecular flexibility index (Phi) is 5.16. The number of nitrogens with zero attached hydrogens (tertiary/aromatic N) is 1. The van der Waals surface area contributed by atoms with Gasteiger partial charge in [-0.3, -0.25) is 0 Å². The fraction of sp³-hybridized carbons (Fsp3) is 0.375. The third-order valence-corrected chi connectivity index (χ3v) is 3.13. The van der Waals surface area contributed by atoms with Crippen LogP contribution in [-0.2, 0) is 19.5 Å². The van der Waals surface area contributed by atoms with E-state index in [4.69, 9.17) is 0 Å². The molecule has 0 spiro atoms. The van der Waals surface area contributed by atoms with Crippen molar-refractivity contribution >= 4 is 0 Å². The zero-order valence-corrected chi connectivity index (χ0v) is 11.4. The first-order valence-electron chi connectivity index (χ1n) is 6.87. The molecule has 0 aliphatic heterocycles. The summed E-state index contributed by atoms with van der Waals surface area (Å²) in [5.41, 5.74) is 2.48. The van der Waals surface area contributed by atoms with Gasteiger partial charge in [-0.05, 0) is 48.7 Å². The van der Waals surface area contributed by atoms with Crippen molar-refractivity contribution in [1.29, 1.82) is 0 Å². The Hall–Kier alpha value is -1.61. The minimum absolute atomic E-state index is 0.172. The maximum atomic E-state index is 12.7. The van der Waals surface area contributed by atoms with Crippen LogP contribution in [0, 0.1) is 5.82 Å². The summed E-state index contributed by atoms with van der Waals surface area (Å²) in [6, 6.07) is 8.87. The number of hydrogen-bond acceptors (Lipinski definition) is 1. The van der Waals surface area contributed by atoms with Gasteiger partial charge in [-0.25, -0.2) is 4.39 Å². The molecule has 102 valence electrons. The smallest absolute Gasteiger partial charge is 0.123 e. The topological polar surface area (TPSA) is 17.0 Å². The highest BCUT2D eigenvalue weighted by Gasteiger charge is 1.97. The molecule has 0 saturated carbocycles. The SMILES string of the molecule is CCCn1ccc(CNCCc2ccc(F)cc2)c1. The lowest BCUT2D eigenvalue weighted by Gasteiger charge is -2.04. The van der Waals surface area contributed by atoms with E-state index < -0.39 is 0 Å². The zero-order chi connectivity index (χ0) is 13.5. The van der Waals surface area contributed by atoms with Gasteiger partial charge >= 0.3 is 0 Å². The third kappa shape index (κ3) is 4.52. The van der Waals surface area contributed by atoms with Crippen molar-refractivity contribution in [2.75, 3.05) is 6.54 Å². The van der Waals surface area contributed by atoms with Gasteiger partial charge in [-0.15, -0.1) is 0 Å². The molecule has 19 heavy (non-hydrogen) atoms. The standard InChI is InChI=1S/C16H21FN2/c1-2-10-19-11-8-15(13-19)12-18-9-7-14-3-5-16(17)6-4-14/h3-6,8,11,13,18H,2,7,9-10,12H2,1H3. The van der Waals surface area contributed by atoms with Crippen LogP contribution in [0.3, 0.4) is 0 Å². The maximum Gasteiger partial charge on any atom is 0.123 e. The van der Waals surface area contributed by atoms with Gasteiger partial charge in [0.25, 0.3) is 0 Å². The highest BCUT2D eigenvalue weighted by atomic mass is 19.1. The predicted molar refractivity (Wildman–Crippen MR) is 76.5 cm³/mol. The number of nitrogens with one attached hydrogen (secondary N) is 1. The molecule has 1 aromatic heterocycles. The number of benzene rings is 1. The van der Waals surface area contributed by atoms with Crippen molar-refractivity contribution in [3.8, 4) is 0 Å². The summed E-state index contributed by atoms with van der Waals surface area (Å²) in [6.07, 6.45) is 6.40. The molecular formula is C16H21FN2. The van der Waals surface area contributed by atoms with E-state index in [1.54, 1.807) is 0 Å². The fourth-order valence-electron chi connectivity index (χ4n) is 2.11. The average Bonchev–Trinajstić information content (AvgIpc) is 2.85. The number of halogens is 1. The minimum atomic E-state index is -0.172. The van der Waals surface area contributed by atoms with Gasteiger partial charge in [0.15, 0.2) is 0 Å². The second-order valence-corrected chi connectivity index (χ2v) is 4.81. The second kappa shape index (κ2) is 7.10. The summed E-state index contributed by atoms with van der Waals surface area (Å²) < 4.78 is 15.0. The first kappa shape index (κ1) is 13.8. The molecule has 2 aromatic rings. The number of aromatic nitrogens is 1. The Bertz CT molecular complexity index is 488. The first-order valence-corrected chi connectivity index (χ1v) is 6.87. The lowest BCUT2D eigenvalue weighted by atomic mass is 10.1. The highest BCUT2D eigenvalue weighted by molar-refractivity contribution is 5.16. The number of aryl methyl sites for hydroxylation is 1. The second-order valence-electron chi connectivity index (χ2n) is 4.81. The van der Waals surface area contributed by atoms with E-state index in [0.29, 0.717) is 0 Å². The quantitative estimate of drug-likeness (QED) is 0.755. The van der Waals surface area contributed by atoms with E-state index >= 15 is 0 Å². The van der Waals surface area contributed by atoms with Crippen LogP contribution in [0.4, 0.5) is 4.39 Å². The molecule has 0 fully saturated rings. The fourth-order valence-corrected chi connectivity index (χ4v) is 2.11. The summed E-state index contributed by atoms with van der Waals surface area (Å²) in [5.74, 6) is -0.172. The van der Waals surface area contributed by atoms with Crippen LogP contribution in [0.15, 0.2) is 42.7 Å². The van der Waals surface area contributed by atoms with Crippen LogP contribution in [-0.4, -0.2) is 11.1 Å². The van der Waals surface area contributed by atoms with Crippen molar-refractivity contribution < 1.29 is 4.39 Å². The van der Waals surface area contributed by atoms with Crippen LogP contribution in [0.25, 0.3) is 0 Å². The number of rotatable bonds is 7. The summed E-state index contributed by atoms with van der Waals surface area (Å²) in [6.45, 7) is 5.05. The van der Waals surface area contributed by atoms with Crippen LogP contribution < -0.4 is 5.32 Å². The Labute approximate surface area is 114 Å². The van der Waals surface area contributed by atoms with Crippen LogP contribution >= 0.6 is 0 Å². The molecule has 0 bridgehead atoms. The third-order valence-electron chi connectivity index (χ3n) is 3.13. The van der Waals surface area contributed by atoms with Gasteiger partial charge in [0.2, 0.25) is 0 Å². The normalized spacial score (nSPS) is 10.8. The van der Waals surface area contributed by atoms with E-state index in [9.17, 15) is 4.39 Å². The molecule has 1 heterocycles. The molecule has 2 nitrogen and oxygen atoms in total. The summed E-state index contributed by atoms with van der Waals surface area (Å²) in [7, 11) is 0. The van der Waals surface area contributed by atoms with Crippen LogP contribution in [0.1, 0.15) is 24.5 Å². The summed E-state index contributed by atoms with van der Waals surface area (Å²) >= 11 is 0. The molecule has 1 aromatic carbocycles. The van der Waals surface area contributed by atoms with Gasteiger partial charge in [0, 0.05) is 25.5 Å². The Morgan fingerprint density at radius 3 is 2.63 bits per heavy atom. The highest BCUT2D eigenvalue weighted by Crippen LogP contribution is 2.04. The largest absolute Gasteiger partial charge is 0.354 e. The molecule has 0 aliphatic carbocycles. The van der Waals surface area contributed by atoms with Gasteiger partial charge in [0.1, 0.15) is 5.82 Å². The Balaban J connectivity index is 1.69. The summed E-state index contributed by atoms with van der Waals surface area (Å²) in [5, 5.41) is 3.41. The van der Waals surface area contributed by atoms with Gasteiger partial charge < -0.3 is 9.88 Å². The molecule has 0 atom stereocenters. The maximum absolute atomic E-state index is 12.7. The van der Waals surface area contributed by atoms with Crippen molar-refractivity contribution in [2.24, 2.45) is 0 Å². The van der Waals surface area contributed by atoms with Crippen molar-refractivity contribution in [3.05, 3.63) is 59.7 Å². The number of hydrogen-bond donors (Lipinski definition) is 1. The lowest BCUT2D eigenvalue weighted by molar-refractivity contribution is 0.626. The van der Waals surface area contributed by atoms with Crippen molar-refractivity contribution in [2.45, 2.75) is 32.9 Å². The molecule has 0 radical (unpaired) electrons. The summed E-state index contributed by atoms with van der Waals surface area (Å²) in [4.78, 5) is 0. The van der Waals surface area contributed by atoms with E-state index in [1.807, 2.05) is 12.1 Å². The Morgan fingerprint density at radius 2 is 1.89 bits per heavy atom. The monoisotopic (exact) mass is 260 g/mol. The van der Waals surface area contributed by atoms with E-state index in [0.717, 1.165) is 38.0 Å². The molecule has 0 amide bonds. The average molecular weight is 260 g/mol. The predicted octanol–water partition coefficient (Wildman–Crippen LogP) is 3.37. The van der Waals surface area contributed by atoms with Gasteiger partial charge in [-0.2, -0.15) is 0 Å². The van der Waals surface area contributed by atoms with Gasteiger partial charge in [-0.1, -0.05) is 19.1 Å². The van der Waals surface area contributed by atoms with E-state index in [1.165, 1.54) is 17.7 Å². The molecular weight excluding hydrogens is 239 g/mol. The molecule has 3 heteroatoms. The molecule has 0 aliphatic rings. The molecule has 2 rings (SSSR count). The van der Waals surface area contributed by atoms with E-state index in [2.05, 4.69) is 35.3 Å². The molecule has 1 N–H and O–H groups in total. The van der Waals surface area contributed by atoms with Crippen LogP contribution in [0.5, 0.6) is 0 Å². The minimum Gasteiger partial charge on any atom is -0.354 e. The van der Waals surface area contributed by atoms with E-state index in [-0.39, 0.29) is 5.82 Å². The molecule has 0 unspecified atom stereocenters. The zero-order valence-electron chi connectivity index (χ0n) is 11.4. The van der Waals surface area contributed by atoms with Crippen molar-refractivity contribution in [1.82, 2.24) is 9.88 Å². The Morgan fingerprint density at radius 1 is 1.11 bits per heavy atom. The molecule has 0 saturated heterocycles. The first-order chi connectivity index (χ1) is 9.28. The van der Waals surface area contributed by atoms with Crippen molar-refractivity contribution in [3.63, 3.8) is 0 Å².